The Kier molecular flexibility index (Phi) is 2.57. The summed E-state index contributed by atoms with van der Waals surface area (Å²) in [6.45, 7) is 0. The molecule has 88 valence electrons. The van der Waals surface area contributed by atoms with Crippen LogP contribution in [0.1, 0.15) is 11.3 Å². The van der Waals surface area contributed by atoms with E-state index < -0.39 is 0 Å². The highest BCUT2D eigenvalue weighted by Crippen LogP contribution is 2.21. The third-order valence-electron chi connectivity index (χ3n) is 2.81. The molecule has 3 aromatic rings. The van der Waals surface area contributed by atoms with E-state index in [1.807, 2.05) is 60.7 Å². The topological polar surface area (TPSA) is 45.7 Å². The van der Waals surface area contributed by atoms with Gasteiger partial charge in [0.25, 0.3) is 0 Å². The minimum absolute atomic E-state index is 0.437. The van der Waals surface area contributed by atoms with E-state index in [1.165, 1.54) is 0 Å². The molecule has 0 saturated heterocycles. The second-order valence-corrected chi connectivity index (χ2v) is 3.96. The quantitative estimate of drug-likeness (QED) is 0.420. The van der Waals surface area contributed by atoms with Crippen LogP contribution in [-0.2, 0) is 0 Å². The van der Waals surface area contributed by atoms with E-state index in [-0.39, 0.29) is 0 Å². The van der Waals surface area contributed by atoms with Crippen molar-refractivity contribution in [3.63, 3.8) is 0 Å². The number of nitrogens with zero attached hydrogens (tertiary/aromatic N) is 1. The van der Waals surface area contributed by atoms with Gasteiger partial charge in [0.2, 0.25) is 0 Å². The molecule has 1 aromatic heterocycles. The molecule has 0 amide bonds. The van der Waals surface area contributed by atoms with Crippen LogP contribution in [0.25, 0.3) is 11.0 Å². The highest BCUT2D eigenvalue weighted by molar-refractivity contribution is 6.12. The molecule has 1 N–H and O–H groups in total. The van der Waals surface area contributed by atoms with Crippen molar-refractivity contribution in [3.8, 4) is 0 Å². The first-order valence-corrected chi connectivity index (χ1v) is 5.65. The van der Waals surface area contributed by atoms with Crippen LogP contribution in [0.5, 0.6) is 0 Å². The minimum Gasteiger partial charge on any atom is -0.454 e. The SMILES string of the molecule is ON=C(c1ccccc1)c1cc2ccccc2o1. The number of benzene rings is 2. The van der Waals surface area contributed by atoms with Crippen molar-refractivity contribution in [3.05, 3.63) is 72.0 Å². The summed E-state index contributed by atoms with van der Waals surface area (Å²) in [5, 5.41) is 13.5. The molecule has 0 aliphatic rings. The molecule has 0 bridgehead atoms. The summed E-state index contributed by atoms with van der Waals surface area (Å²) in [6.07, 6.45) is 0. The number of rotatable bonds is 2. The van der Waals surface area contributed by atoms with Gasteiger partial charge in [0.05, 0.1) is 0 Å². The zero-order chi connectivity index (χ0) is 12.4. The first-order valence-electron chi connectivity index (χ1n) is 5.65. The summed E-state index contributed by atoms with van der Waals surface area (Å²) < 4.78 is 5.68. The zero-order valence-corrected chi connectivity index (χ0v) is 9.58. The lowest BCUT2D eigenvalue weighted by Crippen LogP contribution is -2.01. The molecule has 3 heteroatoms. The van der Waals surface area contributed by atoms with E-state index in [0.717, 1.165) is 16.5 Å². The van der Waals surface area contributed by atoms with Crippen LogP contribution >= 0.6 is 0 Å². The van der Waals surface area contributed by atoms with E-state index in [9.17, 15) is 5.21 Å². The van der Waals surface area contributed by atoms with E-state index >= 15 is 0 Å². The van der Waals surface area contributed by atoms with Crippen molar-refractivity contribution >= 4 is 16.7 Å². The van der Waals surface area contributed by atoms with Crippen molar-refractivity contribution < 1.29 is 9.62 Å². The Morgan fingerprint density at radius 3 is 2.39 bits per heavy atom. The van der Waals surface area contributed by atoms with Crippen LogP contribution in [0.3, 0.4) is 0 Å². The molecule has 3 rings (SSSR count). The van der Waals surface area contributed by atoms with E-state index in [2.05, 4.69) is 5.16 Å². The summed E-state index contributed by atoms with van der Waals surface area (Å²) in [5.74, 6) is 0.560. The fraction of sp³-hybridized carbons (Fsp3) is 0. The van der Waals surface area contributed by atoms with Crippen molar-refractivity contribution in [1.82, 2.24) is 0 Å². The maximum atomic E-state index is 9.19. The Labute approximate surface area is 104 Å². The lowest BCUT2D eigenvalue weighted by molar-refractivity contribution is 0.318. The fourth-order valence-corrected chi connectivity index (χ4v) is 1.94. The van der Waals surface area contributed by atoms with Gasteiger partial charge in [0.15, 0.2) is 11.5 Å². The Morgan fingerprint density at radius 1 is 0.944 bits per heavy atom. The number of oxime groups is 1. The van der Waals surface area contributed by atoms with E-state index in [1.54, 1.807) is 0 Å². The van der Waals surface area contributed by atoms with Gasteiger partial charge in [-0.1, -0.05) is 53.7 Å². The molecule has 3 nitrogen and oxygen atoms in total. The molecule has 2 aromatic carbocycles. The van der Waals surface area contributed by atoms with Crippen LogP contribution in [0.2, 0.25) is 0 Å². The van der Waals surface area contributed by atoms with Gasteiger partial charge in [-0.05, 0) is 12.1 Å². The second kappa shape index (κ2) is 4.37. The zero-order valence-electron chi connectivity index (χ0n) is 9.58. The molecule has 0 aliphatic heterocycles. The molecule has 1 heterocycles. The molecule has 18 heavy (non-hydrogen) atoms. The predicted octanol–water partition coefficient (Wildman–Crippen LogP) is 3.66. The standard InChI is InChI=1S/C15H11NO2/c17-16-15(11-6-2-1-3-7-11)14-10-12-8-4-5-9-13(12)18-14/h1-10,17H. The lowest BCUT2D eigenvalue weighted by Gasteiger charge is -1.99. The van der Waals surface area contributed by atoms with Crippen LogP contribution in [0, 0.1) is 0 Å². The van der Waals surface area contributed by atoms with Crippen LogP contribution in [0.15, 0.2) is 70.2 Å². The Bertz CT molecular complexity index is 666. The summed E-state index contributed by atoms with van der Waals surface area (Å²) in [4.78, 5) is 0. The first-order chi connectivity index (χ1) is 8.88. The fourth-order valence-electron chi connectivity index (χ4n) is 1.94. The average Bonchev–Trinajstić information content (AvgIpc) is 2.84. The molecule has 0 unspecified atom stereocenters. The van der Waals surface area contributed by atoms with Crippen molar-refractivity contribution in [2.75, 3.05) is 0 Å². The highest BCUT2D eigenvalue weighted by atomic mass is 16.4. The van der Waals surface area contributed by atoms with Crippen molar-refractivity contribution in [1.29, 1.82) is 0 Å². The predicted molar refractivity (Wildman–Crippen MR) is 70.1 cm³/mol. The monoisotopic (exact) mass is 237 g/mol. The third-order valence-corrected chi connectivity index (χ3v) is 2.81. The molecule has 0 fully saturated rings. The van der Waals surface area contributed by atoms with Gasteiger partial charge in [-0.25, -0.2) is 0 Å². The molecule has 0 aliphatic carbocycles. The number of fused-ring (bicyclic) bond motifs is 1. The molecule has 0 atom stereocenters. The highest BCUT2D eigenvalue weighted by Gasteiger charge is 2.12. The van der Waals surface area contributed by atoms with Gasteiger partial charge in [0.1, 0.15) is 5.58 Å². The average molecular weight is 237 g/mol. The maximum Gasteiger partial charge on any atom is 0.157 e. The number of hydrogen-bond donors (Lipinski definition) is 1. The smallest absolute Gasteiger partial charge is 0.157 e. The molecular weight excluding hydrogens is 226 g/mol. The lowest BCUT2D eigenvalue weighted by atomic mass is 10.1. The molecule has 0 spiro atoms. The Morgan fingerprint density at radius 2 is 1.67 bits per heavy atom. The summed E-state index contributed by atoms with van der Waals surface area (Å²) >= 11 is 0. The third kappa shape index (κ3) is 1.76. The summed E-state index contributed by atoms with van der Waals surface area (Å²) in [7, 11) is 0. The molecular formula is C15H11NO2. The van der Waals surface area contributed by atoms with Gasteiger partial charge >= 0.3 is 0 Å². The maximum absolute atomic E-state index is 9.19. The van der Waals surface area contributed by atoms with Gasteiger partial charge in [-0.3, -0.25) is 0 Å². The van der Waals surface area contributed by atoms with E-state index in [0.29, 0.717) is 11.5 Å². The van der Waals surface area contributed by atoms with Gasteiger partial charge in [-0.2, -0.15) is 0 Å². The van der Waals surface area contributed by atoms with Crippen LogP contribution in [-0.4, -0.2) is 10.9 Å². The molecule has 0 saturated carbocycles. The van der Waals surface area contributed by atoms with Crippen LogP contribution in [0.4, 0.5) is 0 Å². The van der Waals surface area contributed by atoms with Crippen molar-refractivity contribution in [2.24, 2.45) is 5.16 Å². The Hall–Kier alpha value is -2.55. The number of hydrogen-bond acceptors (Lipinski definition) is 3. The van der Waals surface area contributed by atoms with Gasteiger partial charge in [0, 0.05) is 10.9 Å². The molecule has 0 radical (unpaired) electrons. The van der Waals surface area contributed by atoms with Gasteiger partial charge in [-0.15, -0.1) is 0 Å². The summed E-state index contributed by atoms with van der Waals surface area (Å²) in [5.41, 5.74) is 2.04. The van der Waals surface area contributed by atoms with Crippen LogP contribution < -0.4 is 0 Å². The van der Waals surface area contributed by atoms with Crippen molar-refractivity contribution in [2.45, 2.75) is 0 Å². The number of furan rings is 1. The van der Waals surface area contributed by atoms with E-state index in [4.69, 9.17) is 4.42 Å². The minimum atomic E-state index is 0.437. The normalized spacial score (nSPS) is 11.9. The second-order valence-electron chi connectivity index (χ2n) is 3.96. The largest absolute Gasteiger partial charge is 0.454 e. The Balaban J connectivity index is 2.13. The summed E-state index contributed by atoms with van der Waals surface area (Å²) in [6, 6.07) is 19.0. The number of para-hydroxylation sites is 1. The van der Waals surface area contributed by atoms with Gasteiger partial charge < -0.3 is 9.62 Å². The first kappa shape index (κ1) is 10.6.